The largest absolute Gasteiger partial charge is 0.365 e. The number of aromatic nitrogens is 3. The lowest BCUT2D eigenvalue weighted by Crippen LogP contribution is -2.47. The average Bonchev–Trinajstić information content (AvgIpc) is 2.99. The topological polar surface area (TPSA) is 56.8 Å². The van der Waals surface area contributed by atoms with Crippen LogP contribution in [0.5, 0.6) is 0 Å². The van der Waals surface area contributed by atoms with E-state index in [1.54, 1.807) is 0 Å². The SMILES string of the molecule is CC(C)n1[nH]c2cc(C3CN4CCC3CC4)c(=O)c3c[nH]cc1c23. The van der Waals surface area contributed by atoms with Crippen LogP contribution in [0.15, 0.2) is 23.3 Å². The van der Waals surface area contributed by atoms with Crippen molar-refractivity contribution in [3.05, 3.63) is 34.2 Å². The summed E-state index contributed by atoms with van der Waals surface area (Å²) < 4.78 is 2.15. The van der Waals surface area contributed by atoms with Crippen molar-refractivity contribution in [2.24, 2.45) is 5.92 Å². The second kappa shape index (κ2) is 4.99. The number of nitrogens with one attached hydrogen (secondary N) is 2. The maximum absolute atomic E-state index is 13.2. The van der Waals surface area contributed by atoms with E-state index in [4.69, 9.17) is 0 Å². The van der Waals surface area contributed by atoms with Gasteiger partial charge in [-0.1, -0.05) is 0 Å². The summed E-state index contributed by atoms with van der Waals surface area (Å²) in [6, 6.07) is 2.47. The third kappa shape index (κ3) is 1.88. The number of aromatic amines is 2. The van der Waals surface area contributed by atoms with Gasteiger partial charge in [-0.05, 0) is 51.8 Å². The van der Waals surface area contributed by atoms with Crippen molar-refractivity contribution in [1.29, 1.82) is 0 Å². The number of rotatable bonds is 2. The molecule has 2 N–H and O–H groups in total. The van der Waals surface area contributed by atoms with Crippen molar-refractivity contribution in [1.82, 2.24) is 19.7 Å². The van der Waals surface area contributed by atoms with Crippen molar-refractivity contribution in [3.63, 3.8) is 0 Å². The van der Waals surface area contributed by atoms with E-state index in [9.17, 15) is 4.79 Å². The number of H-pyrrole nitrogens is 2. The Morgan fingerprint density at radius 2 is 2.00 bits per heavy atom. The van der Waals surface area contributed by atoms with Gasteiger partial charge in [-0.2, -0.15) is 0 Å². The molecule has 0 spiro atoms. The Morgan fingerprint density at radius 1 is 1.21 bits per heavy atom. The minimum atomic E-state index is 0.220. The van der Waals surface area contributed by atoms with E-state index in [1.807, 2.05) is 12.4 Å². The van der Waals surface area contributed by atoms with E-state index in [-0.39, 0.29) is 5.43 Å². The second-order valence-corrected chi connectivity index (χ2v) is 7.79. The molecule has 1 unspecified atom stereocenters. The number of hydrogen-bond donors (Lipinski definition) is 2. The molecule has 5 nitrogen and oxygen atoms in total. The summed E-state index contributed by atoms with van der Waals surface area (Å²) in [4.78, 5) is 18.9. The highest BCUT2D eigenvalue weighted by Crippen LogP contribution is 2.39. The smallest absolute Gasteiger partial charge is 0.191 e. The van der Waals surface area contributed by atoms with Gasteiger partial charge in [0.1, 0.15) is 0 Å². The van der Waals surface area contributed by atoms with Gasteiger partial charge in [0.15, 0.2) is 5.43 Å². The molecule has 24 heavy (non-hydrogen) atoms. The first-order valence-electron chi connectivity index (χ1n) is 9.09. The molecule has 126 valence electrons. The van der Waals surface area contributed by atoms with Gasteiger partial charge in [-0.15, -0.1) is 0 Å². The highest BCUT2D eigenvalue weighted by Gasteiger charge is 2.36. The zero-order chi connectivity index (χ0) is 16.4. The summed E-state index contributed by atoms with van der Waals surface area (Å²) in [6.07, 6.45) is 6.32. The van der Waals surface area contributed by atoms with Gasteiger partial charge < -0.3 is 9.88 Å². The highest BCUT2D eigenvalue weighted by molar-refractivity contribution is 6.07. The van der Waals surface area contributed by atoms with E-state index in [1.165, 1.54) is 25.9 Å². The van der Waals surface area contributed by atoms with Gasteiger partial charge in [0.05, 0.1) is 11.0 Å². The fourth-order valence-electron chi connectivity index (χ4n) is 4.87. The van der Waals surface area contributed by atoms with Crippen LogP contribution in [0.4, 0.5) is 0 Å². The highest BCUT2D eigenvalue weighted by atomic mass is 16.1. The summed E-state index contributed by atoms with van der Waals surface area (Å²) in [5.41, 5.74) is 3.40. The van der Waals surface area contributed by atoms with Crippen LogP contribution in [0.2, 0.25) is 0 Å². The van der Waals surface area contributed by atoms with Crippen LogP contribution in [0.1, 0.15) is 44.2 Å². The van der Waals surface area contributed by atoms with Crippen LogP contribution < -0.4 is 5.43 Å². The molecule has 5 heteroatoms. The predicted molar refractivity (Wildman–Crippen MR) is 96.7 cm³/mol. The zero-order valence-corrected chi connectivity index (χ0v) is 14.3. The molecule has 3 aromatic rings. The van der Waals surface area contributed by atoms with Crippen molar-refractivity contribution < 1.29 is 0 Å². The van der Waals surface area contributed by atoms with E-state index < -0.39 is 0 Å². The Hall–Kier alpha value is -2.01. The Balaban J connectivity index is 1.76. The average molecular weight is 324 g/mol. The molecule has 1 atom stereocenters. The first kappa shape index (κ1) is 14.3. The normalized spacial score (nSPS) is 26.9. The van der Waals surface area contributed by atoms with Gasteiger partial charge in [-0.3, -0.25) is 14.6 Å². The van der Waals surface area contributed by atoms with Gasteiger partial charge in [0, 0.05) is 47.2 Å². The molecule has 0 aliphatic carbocycles. The molecule has 1 aromatic carbocycles. The lowest BCUT2D eigenvalue weighted by atomic mass is 9.75. The number of fused-ring (bicyclic) bond motifs is 3. The molecule has 0 radical (unpaired) electrons. The summed E-state index contributed by atoms with van der Waals surface area (Å²) in [5.74, 6) is 1.06. The van der Waals surface area contributed by atoms with Crippen LogP contribution in [0, 0.1) is 5.92 Å². The van der Waals surface area contributed by atoms with Crippen molar-refractivity contribution in [2.75, 3.05) is 19.6 Å². The third-order valence-electron chi connectivity index (χ3n) is 6.12. The monoisotopic (exact) mass is 324 g/mol. The number of piperidine rings is 3. The standard InChI is InChI=1S/C19H24N4O/c1-11(2)23-17-9-20-8-14-18(17)16(21-23)7-13(19(14)24)15-10-22-5-3-12(15)4-6-22/h7-9,11-12,15,20-21H,3-6,10H2,1-2H3. The third-order valence-corrected chi connectivity index (χ3v) is 6.12. The van der Waals surface area contributed by atoms with Crippen LogP contribution in [-0.4, -0.2) is 39.3 Å². The first-order valence-corrected chi connectivity index (χ1v) is 9.09. The molecule has 2 aromatic heterocycles. The fourth-order valence-corrected chi connectivity index (χ4v) is 4.87. The quantitative estimate of drug-likeness (QED) is 0.760. The van der Waals surface area contributed by atoms with Crippen molar-refractivity contribution in [3.8, 4) is 0 Å². The Morgan fingerprint density at radius 3 is 2.67 bits per heavy atom. The van der Waals surface area contributed by atoms with Crippen molar-refractivity contribution >= 4 is 21.8 Å². The number of nitrogens with zero attached hydrogens (tertiary/aromatic N) is 2. The van der Waals surface area contributed by atoms with Gasteiger partial charge in [-0.25, -0.2) is 0 Å². The first-order chi connectivity index (χ1) is 11.6. The molecule has 0 amide bonds. The zero-order valence-electron chi connectivity index (χ0n) is 14.3. The Kier molecular flexibility index (Phi) is 2.98. The predicted octanol–water partition coefficient (Wildman–Crippen LogP) is 3.20. The van der Waals surface area contributed by atoms with Crippen LogP contribution >= 0.6 is 0 Å². The lowest BCUT2D eigenvalue weighted by Gasteiger charge is -2.44. The van der Waals surface area contributed by atoms with E-state index >= 15 is 0 Å². The van der Waals surface area contributed by atoms with E-state index in [2.05, 4.69) is 39.6 Å². The van der Waals surface area contributed by atoms with Gasteiger partial charge in [0.25, 0.3) is 0 Å². The molecule has 3 aliphatic rings. The van der Waals surface area contributed by atoms with Crippen LogP contribution in [-0.2, 0) is 0 Å². The van der Waals surface area contributed by atoms with Gasteiger partial charge >= 0.3 is 0 Å². The number of hydrogen-bond acceptors (Lipinski definition) is 2. The molecule has 3 fully saturated rings. The fraction of sp³-hybridized carbons (Fsp3) is 0.526. The van der Waals surface area contributed by atoms with E-state index in [0.717, 1.165) is 33.9 Å². The number of pyridine rings is 1. The minimum Gasteiger partial charge on any atom is -0.365 e. The molecule has 3 saturated heterocycles. The lowest BCUT2D eigenvalue weighted by molar-refractivity contribution is 0.0868. The summed E-state index contributed by atoms with van der Waals surface area (Å²) in [7, 11) is 0. The summed E-state index contributed by atoms with van der Waals surface area (Å²) >= 11 is 0. The molecule has 6 rings (SSSR count). The van der Waals surface area contributed by atoms with E-state index in [0.29, 0.717) is 17.9 Å². The summed E-state index contributed by atoms with van der Waals surface area (Å²) in [5, 5.41) is 5.41. The molecule has 0 saturated carbocycles. The van der Waals surface area contributed by atoms with Crippen LogP contribution in [0.3, 0.4) is 0 Å². The molecular weight excluding hydrogens is 300 g/mol. The molecule has 5 heterocycles. The number of benzene rings is 1. The summed E-state index contributed by atoms with van der Waals surface area (Å²) in [6.45, 7) is 7.76. The second-order valence-electron chi connectivity index (χ2n) is 7.79. The molecular formula is C19H24N4O. The Bertz CT molecular complexity index is 968. The molecule has 3 aliphatic heterocycles. The maximum Gasteiger partial charge on any atom is 0.191 e. The van der Waals surface area contributed by atoms with Gasteiger partial charge in [0.2, 0.25) is 0 Å². The maximum atomic E-state index is 13.2. The van der Waals surface area contributed by atoms with Crippen LogP contribution in [0.25, 0.3) is 21.8 Å². The Labute approximate surface area is 140 Å². The molecule has 2 bridgehead atoms. The van der Waals surface area contributed by atoms with Crippen molar-refractivity contribution in [2.45, 2.75) is 38.6 Å². The minimum absolute atomic E-state index is 0.220.